The van der Waals surface area contributed by atoms with Crippen molar-refractivity contribution in [2.75, 3.05) is 49.3 Å². The van der Waals surface area contributed by atoms with E-state index in [1.165, 1.54) is 0 Å². The zero-order valence-corrected chi connectivity index (χ0v) is 41.8. The number of carbonyl (C=O) groups excluding carboxylic acids is 6. The Kier molecular flexibility index (Phi) is 22.1. The molecule has 0 saturated heterocycles. The Balaban J connectivity index is 2.83. The van der Waals surface area contributed by atoms with Crippen LogP contribution in [-0.4, -0.2) is 152 Å². The van der Waals surface area contributed by atoms with Crippen LogP contribution in [0.15, 0.2) is 0 Å². The highest BCUT2D eigenvalue weighted by molar-refractivity contribution is 14.1. The first kappa shape index (κ1) is 52.4. The minimum Gasteiger partial charge on any atom is -0.392 e. The van der Waals surface area contributed by atoms with Crippen molar-refractivity contribution in [2.24, 2.45) is 0 Å². The van der Waals surface area contributed by atoms with Gasteiger partial charge in [-0.2, -0.15) is 0 Å². The Labute approximate surface area is 404 Å². The van der Waals surface area contributed by atoms with Crippen molar-refractivity contribution in [3.05, 3.63) is 43.7 Å². The fourth-order valence-electron chi connectivity index (χ4n) is 4.72. The van der Waals surface area contributed by atoms with Crippen LogP contribution in [0.25, 0.3) is 0 Å². The van der Waals surface area contributed by atoms with Crippen molar-refractivity contribution in [2.45, 2.75) is 37.9 Å². The molecule has 5 unspecified atom stereocenters. The van der Waals surface area contributed by atoms with Gasteiger partial charge in [0.15, 0.2) is 0 Å². The van der Waals surface area contributed by atoms with Gasteiger partial charge in [-0.05, 0) is 136 Å². The van der Waals surface area contributed by atoms with E-state index in [-0.39, 0.29) is 61.5 Å². The lowest BCUT2D eigenvalue weighted by atomic mass is 10.1. The number of aliphatic hydroxyl groups excluding tert-OH is 9. The van der Waals surface area contributed by atoms with Gasteiger partial charge in [0.1, 0.15) is 24.9 Å². The molecule has 21 nitrogen and oxygen atoms in total. The fraction of sp³-hybridized carbons (Fsp3) is 0.400. The van der Waals surface area contributed by atoms with E-state index in [0.717, 1.165) is 16.7 Å². The predicted octanol–water partition coefficient (Wildman–Crippen LogP) is -2.15. The Hall–Kier alpha value is -0.720. The fourth-order valence-corrected chi connectivity index (χ4v) is 14.2. The van der Waals surface area contributed by atoms with Gasteiger partial charge in [-0.25, -0.2) is 0 Å². The topological polar surface area (TPSA) is 339 Å². The molecule has 0 aliphatic carbocycles. The van der Waals surface area contributed by atoms with E-state index in [2.05, 4.69) is 21.3 Å². The molecule has 0 heterocycles. The highest BCUT2D eigenvalue weighted by Crippen LogP contribution is 2.40. The van der Waals surface area contributed by atoms with Gasteiger partial charge in [-0.15, -0.1) is 0 Å². The van der Waals surface area contributed by atoms with Crippen LogP contribution in [-0.2, 0) is 9.59 Å². The second-order valence-electron chi connectivity index (χ2n) is 11.3. The number of aliphatic hydroxyl groups is 9. The first-order chi connectivity index (χ1) is 26.6. The second-order valence-corrected chi connectivity index (χ2v) is 17.8. The summed E-state index contributed by atoms with van der Waals surface area (Å²) in [6, 6.07) is 0. The van der Waals surface area contributed by atoms with Gasteiger partial charge < -0.3 is 77.0 Å². The van der Waals surface area contributed by atoms with Gasteiger partial charge in [0.05, 0.1) is 93.5 Å². The van der Waals surface area contributed by atoms with Crippen LogP contribution in [0.2, 0.25) is 0 Å². The third-order valence-corrected chi connectivity index (χ3v) is 13.6. The third kappa shape index (κ3) is 13.1. The standard InChI is InChI=1S/C30H34I6N6O15/c1-9(48)42(26-23(35)17(29(56)39-13(52)6-45)20(32)18(24(26)36)30(57)40-14(53)7-46)3-10(49)2-41(8-47)25-21(33)15(27(54)37-11(50)4-43)19(31)16(22(25)34)28(55)38-12(51)5-44/h8,10-14,43-46,49-53H,2-7H2,1H3,(H,37,54)(H,38,55)(H,39,56)(H,40,57). The summed E-state index contributed by atoms with van der Waals surface area (Å²) in [7, 11) is 0. The number of hydrogen-bond donors (Lipinski definition) is 13. The summed E-state index contributed by atoms with van der Waals surface area (Å²) < 4.78 is 0.0583. The van der Waals surface area contributed by atoms with Crippen LogP contribution in [0.1, 0.15) is 48.4 Å². The van der Waals surface area contributed by atoms with Crippen LogP contribution < -0.4 is 31.1 Å². The quantitative estimate of drug-likeness (QED) is 0.0406. The maximum atomic E-state index is 13.4. The molecule has 57 heavy (non-hydrogen) atoms. The van der Waals surface area contributed by atoms with E-state index in [0.29, 0.717) is 0 Å². The summed E-state index contributed by atoms with van der Waals surface area (Å²) in [4.78, 5) is 81.5. The largest absolute Gasteiger partial charge is 0.392 e. The highest BCUT2D eigenvalue weighted by Gasteiger charge is 2.35. The van der Waals surface area contributed by atoms with E-state index < -0.39 is 100 Å². The molecule has 0 bridgehead atoms. The van der Waals surface area contributed by atoms with Gasteiger partial charge >= 0.3 is 0 Å². The van der Waals surface area contributed by atoms with E-state index >= 15 is 0 Å². The zero-order valence-electron chi connectivity index (χ0n) is 28.8. The predicted molar refractivity (Wildman–Crippen MR) is 249 cm³/mol. The number of rotatable bonds is 19. The Morgan fingerprint density at radius 1 is 0.526 bits per heavy atom. The Morgan fingerprint density at radius 2 is 0.807 bits per heavy atom. The van der Waals surface area contributed by atoms with Gasteiger partial charge in [-0.3, -0.25) is 28.8 Å². The zero-order chi connectivity index (χ0) is 43.6. The molecule has 0 aromatic heterocycles. The molecule has 2 aromatic carbocycles. The first-order valence-corrected chi connectivity index (χ1v) is 22.1. The minimum absolute atomic E-state index is 0.0211. The molecule has 6 amide bonds. The first-order valence-electron chi connectivity index (χ1n) is 15.6. The molecule has 0 aliphatic heterocycles. The summed E-state index contributed by atoms with van der Waals surface area (Å²) >= 11 is 10.1. The maximum absolute atomic E-state index is 13.4. The molecule has 0 radical (unpaired) electrons. The molecule has 0 fully saturated rings. The summed E-state index contributed by atoms with van der Waals surface area (Å²) in [6.45, 7) is -3.68. The molecule has 5 atom stereocenters. The molecular formula is C30H34I6N6O15. The van der Waals surface area contributed by atoms with E-state index in [1.54, 1.807) is 136 Å². The number of benzene rings is 2. The molecule has 0 aliphatic rings. The number of hydrogen-bond acceptors (Lipinski definition) is 15. The van der Waals surface area contributed by atoms with E-state index in [4.69, 9.17) is 0 Å². The average Bonchev–Trinajstić information content (AvgIpc) is 3.13. The van der Waals surface area contributed by atoms with Gasteiger partial charge in [0, 0.05) is 14.1 Å². The molecule has 0 saturated carbocycles. The molecule has 27 heteroatoms. The van der Waals surface area contributed by atoms with E-state index in [1.807, 2.05) is 0 Å². The normalized spacial score (nSPS) is 13.8. The molecule has 13 N–H and O–H groups in total. The summed E-state index contributed by atoms with van der Waals surface area (Å²) in [5.41, 5.74) is -1.24. The van der Waals surface area contributed by atoms with Crippen molar-refractivity contribution >= 4 is 183 Å². The van der Waals surface area contributed by atoms with E-state index in [9.17, 15) is 74.7 Å². The molecular weight excluding hydrogens is 1450 g/mol. The van der Waals surface area contributed by atoms with Crippen LogP contribution in [0.3, 0.4) is 0 Å². The van der Waals surface area contributed by atoms with Crippen LogP contribution in [0.5, 0.6) is 0 Å². The lowest BCUT2D eigenvalue weighted by Crippen LogP contribution is -2.45. The summed E-state index contributed by atoms with van der Waals surface area (Å²) in [5, 5.41) is 97.0. The second kappa shape index (κ2) is 24.1. The van der Waals surface area contributed by atoms with Gasteiger partial charge in [0.25, 0.3) is 23.6 Å². The number of anilines is 2. The van der Waals surface area contributed by atoms with Crippen molar-refractivity contribution in [1.82, 2.24) is 21.3 Å². The summed E-state index contributed by atoms with van der Waals surface area (Å²) in [6.07, 6.45) is -8.34. The monoisotopic (exact) mass is 1480 g/mol. The minimum atomic E-state index is -1.73. The smallest absolute Gasteiger partial charge is 0.255 e. The lowest BCUT2D eigenvalue weighted by molar-refractivity contribution is -0.116. The maximum Gasteiger partial charge on any atom is 0.255 e. The molecule has 316 valence electrons. The van der Waals surface area contributed by atoms with Crippen molar-refractivity contribution in [3.8, 4) is 0 Å². The number of amides is 6. The van der Waals surface area contributed by atoms with Crippen LogP contribution in [0.4, 0.5) is 11.4 Å². The molecule has 2 aromatic rings. The number of nitrogens with zero attached hydrogens (tertiary/aromatic N) is 2. The van der Waals surface area contributed by atoms with Crippen LogP contribution >= 0.6 is 136 Å². The van der Waals surface area contributed by atoms with Crippen LogP contribution in [0, 0.1) is 21.4 Å². The average molecular weight is 1480 g/mol. The number of carbonyl (C=O) groups is 6. The lowest BCUT2D eigenvalue weighted by Gasteiger charge is -2.31. The number of nitrogens with one attached hydrogen (secondary N) is 4. The van der Waals surface area contributed by atoms with Crippen molar-refractivity contribution in [1.29, 1.82) is 0 Å². The number of halogens is 6. The van der Waals surface area contributed by atoms with Crippen molar-refractivity contribution < 1.29 is 74.7 Å². The van der Waals surface area contributed by atoms with Gasteiger partial charge in [-0.1, -0.05) is 0 Å². The van der Waals surface area contributed by atoms with Gasteiger partial charge in [0.2, 0.25) is 12.3 Å². The summed E-state index contributed by atoms with van der Waals surface area (Å²) in [5.74, 6) is -4.70. The Morgan fingerprint density at radius 3 is 1.05 bits per heavy atom. The molecule has 0 spiro atoms. The highest BCUT2D eigenvalue weighted by atomic mass is 127. The Bertz CT molecular complexity index is 1780. The molecule has 2 rings (SSSR count). The third-order valence-electron chi connectivity index (χ3n) is 7.24. The SMILES string of the molecule is CC(=O)N(CC(O)CN(C=O)c1c(I)c(C(=O)NC(O)CO)c(I)c(C(=O)NC(O)CO)c1I)c1c(I)c(C(=O)NC(O)CO)c(I)c(C(=O)NC(O)CO)c1I. The van der Waals surface area contributed by atoms with Crippen molar-refractivity contribution in [3.63, 3.8) is 0 Å².